The first-order chi connectivity index (χ1) is 11.6. The number of rotatable bonds is 7. The molecule has 2 aromatic rings. The summed E-state index contributed by atoms with van der Waals surface area (Å²) in [5, 5.41) is 15.4. The molecule has 24 heavy (non-hydrogen) atoms. The van der Waals surface area contributed by atoms with E-state index in [1.165, 1.54) is 12.1 Å². The normalized spacial score (nSPS) is 10.0. The zero-order valence-corrected chi connectivity index (χ0v) is 13.5. The number of aromatic hydroxyl groups is 1. The monoisotopic (exact) mass is 348 g/mol. The van der Waals surface area contributed by atoms with Crippen LogP contribution < -0.4 is 15.4 Å². The molecule has 6 nitrogen and oxygen atoms in total. The summed E-state index contributed by atoms with van der Waals surface area (Å²) in [5.74, 6) is -0.251. The topological polar surface area (TPSA) is 87.7 Å². The number of halogens is 1. The van der Waals surface area contributed by atoms with Crippen molar-refractivity contribution in [3.63, 3.8) is 0 Å². The van der Waals surface area contributed by atoms with E-state index in [9.17, 15) is 14.7 Å². The molecule has 0 atom stereocenters. The summed E-state index contributed by atoms with van der Waals surface area (Å²) >= 11 is 5.75. The Balaban J connectivity index is 1.65. The summed E-state index contributed by atoms with van der Waals surface area (Å²) in [4.78, 5) is 23.5. The molecule has 0 aliphatic heterocycles. The van der Waals surface area contributed by atoms with Crippen LogP contribution in [0.5, 0.6) is 11.5 Å². The fourth-order valence-corrected chi connectivity index (χ4v) is 2.00. The lowest BCUT2D eigenvalue weighted by molar-refractivity contribution is -0.123. The molecule has 2 rings (SSSR count). The molecule has 2 aromatic carbocycles. The van der Waals surface area contributed by atoms with Crippen molar-refractivity contribution in [1.82, 2.24) is 10.6 Å². The summed E-state index contributed by atoms with van der Waals surface area (Å²) in [6, 6.07) is 12.9. The van der Waals surface area contributed by atoms with Gasteiger partial charge in [-0.05, 0) is 36.4 Å². The average Bonchev–Trinajstić information content (AvgIpc) is 2.58. The predicted molar refractivity (Wildman–Crippen MR) is 90.4 cm³/mol. The van der Waals surface area contributed by atoms with E-state index in [0.717, 1.165) is 0 Å². The molecule has 0 saturated heterocycles. The summed E-state index contributed by atoms with van der Waals surface area (Å²) in [6.07, 6.45) is 0. The zero-order chi connectivity index (χ0) is 17.4. The van der Waals surface area contributed by atoms with Gasteiger partial charge in [-0.3, -0.25) is 9.59 Å². The first-order valence-electron chi connectivity index (χ1n) is 7.27. The second-order valence-electron chi connectivity index (χ2n) is 4.87. The number of benzene rings is 2. The van der Waals surface area contributed by atoms with Gasteiger partial charge in [0.25, 0.3) is 11.8 Å². The summed E-state index contributed by atoms with van der Waals surface area (Å²) in [5.41, 5.74) is 0.190. The third-order valence-electron chi connectivity index (χ3n) is 3.06. The molecule has 0 fully saturated rings. The zero-order valence-electron chi connectivity index (χ0n) is 12.8. The number of carbonyl (C=O) groups is 2. The van der Waals surface area contributed by atoms with Gasteiger partial charge < -0.3 is 20.5 Å². The molecule has 7 heteroatoms. The van der Waals surface area contributed by atoms with Crippen LogP contribution in [0.15, 0.2) is 48.5 Å². The summed E-state index contributed by atoms with van der Waals surface area (Å²) in [7, 11) is 0. The molecule has 0 unspecified atom stereocenters. The van der Waals surface area contributed by atoms with E-state index in [-0.39, 0.29) is 36.9 Å². The molecule has 0 heterocycles. The van der Waals surface area contributed by atoms with Crippen molar-refractivity contribution in [3.05, 3.63) is 59.1 Å². The molecule has 0 aromatic heterocycles. The number of hydrogen-bond acceptors (Lipinski definition) is 4. The lowest BCUT2D eigenvalue weighted by Crippen LogP contribution is -2.36. The fourth-order valence-electron chi connectivity index (χ4n) is 1.87. The molecule has 126 valence electrons. The van der Waals surface area contributed by atoms with Crippen LogP contribution >= 0.6 is 11.6 Å². The first-order valence-corrected chi connectivity index (χ1v) is 7.65. The number of phenolic OH excluding ortho intramolecular Hbond substituents is 1. The van der Waals surface area contributed by atoms with E-state index < -0.39 is 5.91 Å². The van der Waals surface area contributed by atoms with Crippen molar-refractivity contribution in [1.29, 1.82) is 0 Å². The van der Waals surface area contributed by atoms with E-state index in [1.807, 2.05) is 0 Å². The van der Waals surface area contributed by atoms with Crippen LogP contribution in [-0.4, -0.2) is 36.6 Å². The molecular weight excluding hydrogens is 332 g/mol. The van der Waals surface area contributed by atoms with Crippen LogP contribution in [0, 0.1) is 0 Å². The Hall–Kier alpha value is -2.73. The summed E-state index contributed by atoms with van der Waals surface area (Å²) in [6.45, 7) is 0.358. The highest BCUT2D eigenvalue weighted by Gasteiger charge is 2.09. The predicted octanol–water partition coefficient (Wildman–Crippen LogP) is 1.97. The molecule has 0 aliphatic rings. The quantitative estimate of drug-likeness (QED) is 0.668. The molecule has 0 aliphatic carbocycles. The van der Waals surface area contributed by atoms with Crippen LogP contribution in [0.3, 0.4) is 0 Å². The smallest absolute Gasteiger partial charge is 0.258 e. The van der Waals surface area contributed by atoms with Gasteiger partial charge in [0.05, 0.1) is 5.56 Å². The number of ether oxygens (including phenoxy) is 1. The Kier molecular flexibility index (Phi) is 6.45. The van der Waals surface area contributed by atoms with E-state index in [2.05, 4.69) is 10.6 Å². The highest BCUT2D eigenvalue weighted by molar-refractivity contribution is 6.30. The lowest BCUT2D eigenvalue weighted by atomic mass is 10.2. The Morgan fingerprint density at radius 2 is 1.67 bits per heavy atom. The minimum atomic E-state index is -0.403. The first kappa shape index (κ1) is 17.6. The number of nitrogens with one attached hydrogen (secondary N) is 2. The largest absolute Gasteiger partial charge is 0.507 e. The van der Waals surface area contributed by atoms with Gasteiger partial charge in [0.15, 0.2) is 6.61 Å². The van der Waals surface area contributed by atoms with Crippen molar-refractivity contribution in [2.45, 2.75) is 0 Å². The molecule has 0 bridgehead atoms. The van der Waals surface area contributed by atoms with Crippen LogP contribution in [-0.2, 0) is 4.79 Å². The number of carbonyl (C=O) groups excluding carboxylic acids is 2. The minimum absolute atomic E-state index is 0.0876. The van der Waals surface area contributed by atoms with Gasteiger partial charge in [-0.25, -0.2) is 0 Å². The van der Waals surface area contributed by atoms with Gasteiger partial charge >= 0.3 is 0 Å². The lowest BCUT2D eigenvalue weighted by Gasteiger charge is -2.09. The number of para-hydroxylation sites is 1. The van der Waals surface area contributed by atoms with Gasteiger partial charge in [-0.15, -0.1) is 0 Å². The Labute approximate surface area is 144 Å². The third kappa shape index (κ3) is 5.48. The van der Waals surface area contributed by atoms with Gasteiger partial charge in [0, 0.05) is 18.1 Å². The van der Waals surface area contributed by atoms with Crippen LogP contribution in [0.1, 0.15) is 10.4 Å². The van der Waals surface area contributed by atoms with Crippen LogP contribution in [0.4, 0.5) is 0 Å². The molecule has 0 radical (unpaired) electrons. The van der Waals surface area contributed by atoms with Gasteiger partial charge in [0.2, 0.25) is 0 Å². The van der Waals surface area contributed by atoms with Crippen molar-refractivity contribution in [2.24, 2.45) is 0 Å². The molecule has 2 amide bonds. The van der Waals surface area contributed by atoms with Crippen LogP contribution in [0.2, 0.25) is 5.02 Å². The van der Waals surface area contributed by atoms with E-state index in [0.29, 0.717) is 10.8 Å². The fraction of sp³-hybridized carbons (Fsp3) is 0.176. The Morgan fingerprint density at radius 1 is 1.00 bits per heavy atom. The average molecular weight is 349 g/mol. The van der Waals surface area contributed by atoms with Gasteiger partial charge in [0.1, 0.15) is 11.5 Å². The second kappa shape index (κ2) is 8.79. The maximum Gasteiger partial charge on any atom is 0.258 e. The van der Waals surface area contributed by atoms with Crippen molar-refractivity contribution < 1.29 is 19.4 Å². The molecule has 0 saturated carbocycles. The van der Waals surface area contributed by atoms with Crippen molar-refractivity contribution >= 4 is 23.4 Å². The molecule has 0 spiro atoms. The third-order valence-corrected chi connectivity index (χ3v) is 3.32. The highest BCUT2D eigenvalue weighted by Crippen LogP contribution is 2.15. The van der Waals surface area contributed by atoms with Gasteiger partial charge in [-0.2, -0.15) is 0 Å². The van der Waals surface area contributed by atoms with Crippen LogP contribution in [0.25, 0.3) is 0 Å². The SMILES string of the molecule is O=C(COc1ccc(Cl)cc1)NCCNC(=O)c1ccccc1O. The van der Waals surface area contributed by atoms with E-state index in [1.54, 1.807) is 36.4 Å². The molecular formula is C17H17ClN2O4. The van der Waals surface area contributed by atoms with E-state index >= 15 is 0 Å². The van der Waals surface area contributed by atoms with E-state index in [4.69, 9.17) is 16.3 Å². The maximum atomic E-state index is 11.8. The maximum absolute atomic E-state index is 11.8. The minimum Gasteiger partial charge on any atom is -0.507 e. The second-order valence-corrected chi connectivity index (χ2v) is 5.30. The van der Waals surface area contributed by atoms with Crippen molar-refractivity contribution in [3.8, 4) is 11.5 Å². The summed E-state index contributed by atoms with van der Waals surface area (Å²) < 4.78 is 5.29. The van der Waals surface area contributed by atoms with Crippen molar-refractivity contribution in [2.75, 3.05) is 19.7 Å². The highest BCUT2D eigenvalue weighted by atomic mass is 35.5. The number of hydrogen-bond donors (Lipinski definition) is 3. The number of amides is 2. The Bertz CT molecular complexity index is 704. The van der Waals surface area contributed by atoms with Gasteiger partial charge in [-0.1, -0.05) is 23.7 Å². The molecule has 3 N–H and O–H groups in total. The standard InChI is InChI=1S/C17H17ClN2O4/c18-12-5-7-13(8-6-12)24-11-16(22)19-9-10-20-17(23)14-3-1-2-4-15(14)21/h1-8,21H,9-11H2,(H,19,22)(H,20,23). The Morgan fingerprint density at radius 3 is 2.38 bits per heavy atom. The number of phenols is 1.